The van der Waals surface area contributed by atoms with E-state index in [1.54, 1.807) is 0 Å². The van der Waals surface area contributed by atoms with E-state index in [1.165, 1.54) is 24.8 Å². The van der Waals surface area contributed by atoms with Crippen molar-refractivity contribution in [1.29, 1.82) is 0 Å². The van der Waals surface area contributed by atoms with Crippen LogP contribution in [0.4, 0.5) is 0 Å². The van der Waals surface area contributed by atoms with Gasteiger partial charge in [-0.25, -0.2) is 4.98 Å². The molecule has 1 saturated carbocycles. The van der Waals surface area contributed by atoms with Gasteiger partial charge in [-0.2, -0.15) is 0 Å². The van der Waals surface area contributed by atoms with Crippen LogP contribution in [0.5, 0.6) is 0 Å². The van der Waals surface area contributed by atoms with Gasteiger partial charge in [0.2, 0.25) is 0 Å². The van der Waals surface area contributed by atoms with E-state index in [1.807, 2.05) is 11.8 Å². The first-order valence-corrected chi connectivity index (χ1v) is 7.99. The Kier molecular flexibility index (Phi) is 3.80. The third-order valence-electron chi connectivity index (χ3n) is 3.77. The fraction of sp³-hybridized carbons (Fsp3) is 0.533. The number of imidazole rings is 1. The van der Waals surface area contributed by atoms with E-state index in [9.17, 15) is 0 Å². The Hall–Kier alpha value is -1.00. The molecule has 1 aliphatic rings. The van der Waals surface area contributed by atoms with Crippen LogP contribution >= 0.6 is 11.8 Å². The normalized spacial score (nSPS) is 23.3. The maximum Gasteiger partial charge on any atom is 0.166 e. The van der Waals surface area contributed by atoms with Gasteiger partial charge in [0.05, 0.1) is 11.0 Å². The third-order valence-corrected chi connectivity index (χ3v) is 4.95. The Morgan fingerprint density at radius 1 is 1.42 bits per heavy atom. The Morgan fingerprint density at radius 2 is 2.32 bits per heavy atom. The first-order chi connectivity index (χ1) is 9.24. The molecular weight excluding hydrogens is 254 g/mol. The molecule has 102 valence electrons. The van der Waals surface area contributed by atoms with Gasteiger partial charge in [0.1, 0.15) is 0 Å². The minimum absolute atomic E-state index is 0.700. The Balaban J connectivity index is 1.68. The van der Waals surface area contributed by atoms with Gasteiger partial charge < -0.3 is 10.3 Å². The van der Waals surface area contributed by atoms with Crippen molar-refractivity contribution in [3.8, 4) is 0 Å². The summed E-state index contributed by atoms with van der Waals surface area (Å²) < 4.78 is 0. The van der Waals surface area contributed by atoms with Gasteiger partial charge in [-0.3, -0.25) is 0 Å². The fourth-order valence-corrected chi connectivity index (χ4v) is 4.05. The van der Waals surface area contributed by atoms with Crippen LogP contribution in [0.2, 0.25) is 0 Å². The molecule has 0 amide bonds. The number of nitrogens with zero attached hydrogens (tertiary/aromatic N) is 1. The van der Waals surface area contributed by atoms with Crippen LogP contribution < -0.4 is 5.32 Å². The monoisotopic (exact) mass is 275 g/mol. The SMILES string of the molecule is CCNC1CCC(Sc2nc3ccc(C)cc3[nH]2)C1. The molecule has 2 aromatic rings. The van der Waals surface area contributed by atoms with E-state index in [0.717, 1.165) is 22.7 Å². The minimum Gasteiger partial charge on any atom is -0.333 e. The highest BCUT2D eigenvalue weighted by atomic mass is 32.2. The summed E-state index contributed by atoms with van der Waals surface area (Å²) in [6.07, 6.45) is 3.85. The van der Waals surface area contributed by atoms with Gasteiger partial charge in [-0.05, 0) is 50.4 Å². The molecule has 1 heterocycles. The second-order valence-corrected chi connectivity index (χ2v) is 6.66. The van der Waals surface area contributed by atoms with E-state index in [-0.39, 0.29) is 0 Å². The third kappa shape index (κ3) is 2.95. The molecule has 0 radical (unpaired) electrons. The number of aromatic nitrogens is 2. The molecule has 3 rings (SSSR count). The lowest BCUT2D eigenvalue weighted by Crippen LogP contribution is -2.26. The molecule has 1 fully saturated rings. The Labute approximate surface area is 118 Å². The van der Waals surface area contributed by atoms with E-state index in [0.29, 0.717) is 11.3 Å². The highest BCUT2D eigenvalue weighted by molar-refractivity contribution is 7.99. The summed E-state index contributed by atoms with van der Waals surface area (Å²) in [5.41, 5.74) is 3.51. The van der Waals surface area contributed by atoms with E-state index >= 15 is 0 Å². The van der Waals surface area contributed by atoms with Crippen LogP contribution in [0.3, 0.4) is 0 Å². The number of aryl methyl sites for hydroxylation is 1. The summed E-state index contributed by atoms with van der Waals surface area (Å²) in [4.78, 5) is 8.12. The van der Waals surface area contributed by atoms with Crippen molar-refractivity contribution in [2.75, 3.05) is 6.54 Å². The lowest BCUT2D eigenvalue weighted by molar-refractivity contribution is 0.543. The maximum absolute atomic E-state index is 4.68. The summed E-state index contributed by atoms with van der Waals surface area (Å²) in [5, 5.41) is 5.32. The molecule has 4 heteroatoms. The highest BCUT2D eigenvalue weighted by Gasteiger charge is 2.25. The summed E-state index contributed by atoms with van der Waals surface area (Å²) in [6.45, 7) is 5.37. The zero-order valence-corrected chi connectivity index (χ0v) is 12.4. The molecular formula is C15H21N3S. The van der Waals surface area contributed by atoms with Crippen molar-refractivity contribution < 1.29 is 0 Å². The zero-order chi connectivity index (χ0) is 13.2. The summed E-state index contributed by atoms with van der Waals surface area (Å²) in [7, 11) is 0. The lowest BCUT2D eigenvalue weighted by Gasteiger charge is -2.10. The second-order valence-electron chi connectivity index (χ2n) is 5.37. The first kappa shape index (κ1) is 13.0. The molecule has 0 aliphatic heterocycles. The number of nitrogens with one attached hydrogen (secondary N) is 2. The molecule has 2 unspecified atom stereocenters. The number of benzene rings is 1. The molecule has 19 heavy (non-hydrogen) atoms. The van der Waals surface area contributed by atoms with Crippen LogP contribution in [-0.2, 0) is 0 Å². The van der Waals surface area contributed by atoms with Crippen molar-refractivity contribution in [1.82, 2.24) is 15.3 Å². The van der Waals surface area contributed by atoms with E-state index < -0.39 is 0 Å². The van der Waals surface area contributed by atoms with Crippen LogP contribution in [-0.4, -0.2) is 27.8 Å². The number of aromatic amines is 1. The molecule has 1 aromatic carbocycles. The Bertz CT molecular complexity index is 564. The summed E-state index contributed by atoms with van der Waals surface area (Å²) >= 11 is 1.91. The summed E-state index contributed by atoms with van der Waals surface area (Å²) in [5.74, 6) is 0. The van der Waals surface area contributed by atoms with Crippen LogP contribution in [0.25, 0.3) is 11.0 Å². The van der Waals surface area contributed by atoms with Crippen molar-refractivity contribution >= 4 is 22.8 Å². The first-order valence-electron chi connectivity index (χ1n) is 7.11. The zero-order valence-electron chi connectivity index (χ0n) is 11.6. The molecule has 2 N–H and O–H groups in total. The van der Waals surface area contributed by atoms with Crippen molar-refractivity contribution in [3.05, 3.63) is 23.8 Å². The quantitative estimate of drug-likeness (QED) is 0.897. The molecule has 0 spiro atoms. The predicted octanol–water partition coefficient (Wildman–Crippen LogP) is 3.49. The van der Waals surface area contributed by atoms with Crippen LogP contribution in [0.15, 0.2) is 23.4 Å². The largest absolute Gasteiger partial charge is 0.333 e. The smallest absolute Gasteiger partial charge is 0.166 e. The van der Waals surface area contributed by atoms with Gasteiger partial charge in [0.15, 0.2) is 5.16 Å². The minimum atomic E-state index is 0.700. The molecule has 2 atom stereocenters. The molecule has 0 saturated heterocycles. The standard InChI is InChI=1S/C15H21N3S/c1-3-16-11-5-6-12(9-11)19-15-17-13-7-4-10(2)8-14(13)18-15/h4,7-8,11-12,16H,3,5-6,9H2,1-2H3,(H,17,18). The number of hydrogen-bond donors (Lipinski definition) is 2. The van der Waals surface area contributed by atoms with Crippen LogP contribution in [0, 0.1) is 6.92 Å². The maximum atomic E-state index is 4.68. The van der Waals surface area contributed by atoms with Gasteiger partial charge in [-0.15, -0.1) is 0 Å². The number of thioether (sulfide) groups is 1. The average molecular weight is 275 g/mol. The van der Waals surface area contributed by atoms with Crippen LogP contribution in [0.1, 0.15) is 31.7 Å². The van der Waals surface area contributed by atoms with Gasteiger partial charge in [0.25, 0.3) is 0 Å². The number of hydrogen-bond acceptors (Lipinski definition) is 3. The van der Waals surface area contributed by atoms with Gasteiger partial charge in [-0.1, -0.05) is 24.8 Å². The van der Waals surface area contributed by atoms with Crippen molar-refractivity contribution in [2.24, 2.45) is 0 Å². The lowest BCUT2D eigenvalue weighted by atomic mass is 10.2. The highest BCUT2D eigenvalue weighted by Crippen LogP contribution is 2.34. The Morgan fingerprint density at radius 3 is 3.16 bits per heavy atom. The average Bonchev–Trinajstić information content (AvgIpc) is 2.96. The van der Waals surface area contributed by atoms with Gasteiger partial charge in [0, 0.05) is 11.3 Å². The fourth-order valence-electron chi connectivity index (χ4n) is 2.83. The van der Waals surface area contributed by atoms with Crippen molar-refractivity contribution in [2.45, 2.75) is 49.6 Å². The number of H-pyrrole nitrogens is 1. The molecule has 1 aliphatic carbocycles. The van der Waals surface area contributed by atoms with Crippen molar-refractivity contribution in [3.63, 3.8) is 0 Å². The van der Waals surface area contributed by atoms with E-state index in [4.69, 9.17) is 0 Å². The topological polar surface area (TPSA) is 40.7 Å². The number of fused-ring (bicyclic) bond motifs is 1. The molecule has 3 nitrogen and oxygen atoms in total. The predicted molar refractivity (Wildman–Crippen MR) is 81.8 cm³/mol. The molecule has 1 aromatic heterocycles. The second kappa shape index (κ2) is 5.55. The van der Waals surface area contributed by atoms with E-state index in [2.05, 4.69) is 47.3 Å². The number of rotatable bonds is 4. The molecule has 0 bridgehead atoms. The van der Waals surface area contributed by atoms with Gasteiger partial charge >= 0.3 is 0 Å². The summed E-state index contributed by atoms with van der Waals surface area (Å²) in [6, 6.07) is 7.09.